The summed E-state index contributed by atoms with van der Waals surface area (Å²) in [5, 5.41) is 38.8. The molecule has 4 rings (SSSR count). The molecular formula is C31H54O6. The molecule has 3 saturated carbocycles. The van der Waals surface area contributed by atoms with Gasteiger partial charge in [0.05, 0.1) is 11.7 Å². The minimum absolute atomic E-state index is 0.174. The molecule has 0 heterocycles. The van der Waals surface area contributed by atoms with E-state index in [0.717, 1.165) is 25.7 Å². The fourth-order valence-electron chi connectivity index (χ4n) is 10.2. The smallest absolute Gasteiger partial charge is 0.266 e. The van der Waals surface area contributed by atoms with Crippen molar-refractivity contribution in [3.05, 3.63) is 11.6 Å². The standard InChI is InChI=1S/C31H54O6/c1-19(9-13-25(37-35)28(4,5)34)20-15-16-31(8)23-12-10-21-22(29(23,6)17-18-30(20,31)7)11-14-24(27(21,2)3)36-26(32)33/h10,19-20,22-26,32-35H,9,11-18H2,1-8H3. The number of hydrogen-bond acceptors (Lipinski definition) is 6. The van der Waals surface area contributed by atoms with Crippen LogP contribution in [-0.2, 0) is 9.62 Å². The molecule has 6 nitrogen and oxygen atoms in total. The highest BCUT2D eigenvalue weighted by Gasteiger charge is 2.67. The molecule has 0 aromatic carbocycles. The third-order valence-corrected chi connectivity index (χ3v) is 12.6. The van der Waals surface area contributed by atoms with E-state index in [-0.39, 0.29) is 27.8 Å². The number of fused-ring (bicyclic) bond motifs is 5. The lowest BCUT2D eigenvalue weighted by atomic mass is 9.39. The van der Waals surface area contributed by atoms with Crippen LogP contribution in [0.3, 0.4) is 0 Å². The lowest BCUT2D eigenvalue weighted by Gasteiger charge is -2.66. The Morgan fingerprint density at radius 1 is 0.973 bits per heavy atom. The summed E-state index contributed by atoms with van der Waals surface area (Å²) >= 11 is 0. The molecule has 4 aliphatic carbocycles. The average molecular weight is 523 g/mol. The molecule has 0 aliphatic heterocycles. The summed E-state index contributed by atoms with van der Waals surface area (Å²) in [5.41, 5.74) is 0.981. The number of ether oxygens (including phenoxy) is 1. The van der Waals surface area contributed by atoms with Gasteiger partial charge < -0.3 is 20.1 Å². The SMILES string of the molecule is CC(CCC(OO)C(C)(C)O)C1CCC2(C)C3CC=C4C(CCC(OC(O)O)C4(C)C)C3(C)CCC12C. The normalized spacial score (nSPS) is 43.0. The van der Waals surface area contributed by atoms with E-state index in [2.05, 4.69) is 52.5 Å². The first-order chi connectivity index (χ1) is 17.0. The van der Waals surface area contributed by atoms with Crippen molar-refractivity contribution in [3.63, 3.8) is 0 Å². The Labute approximate surface area is 224 Å². The van der Waals surface area contributed by atoms with E-state index in [1.165, 1.54) is 31.3 Å². The lowest BCUT2D eigenvalue weighted by Crippen LogP contribution is -2.59. The first-order valence-electron chi connectivity index (χ1n) is 14.8. The van der Waals surface area contributed by atoms with Gasteiger partial charge in [0.2, 0.25) is 0 Å². The molecule has 0 bridgehead atoms. The van der Waals surface area contributed by atoms with E-state index in [1.54, 1.807) is 13.8 Å². The summed E-state index contributed by atoms with van der Waals surface area (Å²) in [6.07, 6.45) is 11.3. The van der Waals surface area contributed by atoms with Crippen molar-refractivity contribution < 1.29 is 30.2 Å². The van der Waals surface area contributed by atoms with Gasteiger partial charge in [-0.3, -0.25) is 5.26 Å². The van der Waals surface area contributed by atoms with Crippen molar-refractivity contribution in [2.24, 2.45) is 45.3 Å². The van der Waals surface area contributed by atoms with Crippen molar-refractivity contribution in [2.75, 3.05) is 0 Å². The highest BCUT2D eigenvalue weighted by molar-refractivity contribution is 5.30. The minimum atomic E-state index is -1.72. The molecule has 0 saturated heterocycles. The Morgan fingerprint density at radius 2 is 1.65 bits per heavy atom. The van der Waals surface area contributed by atoms with Gasteiger partial charge in [-0.05, 0) is 112 Å². The topological polar surface area (TPSA) is 99.4 Å². The van der Waals surface area contributed by atoms with E-state index in [0.29, 0.717) is 30.1 Å². The van der Waals surface area contributed by atoms with Gasteiger partial charge in [-0.1, -0.05) is 53.2 Å². The van der Waals surface area contributed by atoms with Crippen molar-refractivity contribution >= 4 is 0 Å². The van der Waals surface area contributed by atoms with E-state index in [9.17, 15) is 20.6 Å². The second-order valence-electron chi connectivity index (χ2n) is 15.0. The summed E-state index contributed by atoms with van der Waals surface area (Å²) in [6.45, 7) is 16.2. The Morgan fingerprint density at radius 3 is 2.24 bits per heavy atom. The highest BCUT2D eigenvalue weighted by Crippen LogP contribution is 2.75. The largest absolute Gasteiger partial charge is 0.388 e. The number of aliphatic hydroxyl groups is 3. The van der Waals surface area contributed by atoms with Crippen LogP contribution in [0.1, 0.15) is 113 Å². The minimum Gasteiger partial charge on any atom is -0.388 e. The van der Waals surface area contributed by atoms with Crippen LogP contribution in [0.15, 0.2) is 11.6 Å². The number of aliphatic hydroxyl groups excluding tert-OH is 1. The van der Waals surface area contributed by atoms with Crippen molar-refractivity contribution in [3.8, 4) is 0 Å². The van der Waals surface area contributed by atoms with Gasteiger partial charge in [0, 0.05) is 5.41 Å². The monoisotopic (exact) mass is 522 g/mol. The quantitative estimate of drug-likeness (QED) is 0.129. The molecule has 4 N–H and O–H groups in total. The van der Waals surface area contributed by atoms with Gasteiger partial charge in [-0.15, -0.1) is 0 Å². The Balaban J connectivity index is 1.56. The first-order valence-corrected chi connectivity index (χ1v) is 14.8. The van der Waals surface area contributed by atoms with Gasteiger partial charge in [-0.2, -0.15) is 0 Å². The molecule has 0 aromatic rings. The zero-order chi connectivity index (χ0) is 27.6. The maximum absolute atomic E-state index is 10.4. The third kappa shape index (κ3) is 4.66. The summed E-state index contributed by atoms with van der Waals surface area (Å²) in [6, 6.07) is 0. The van der Waals surface area contributed by atoms with E-state index in [1.807, 2.05) is 0 Å². The molecular weight excluding hydrogens is 468 g/mol. The Hall–Kier alpha value is -0.500. The predicted octanol–water partition coefficient (Wildman–Crippen LogP) is 6.29. The van der Waals surface area contributed by atoms with E-state index < -0.39 is 18.2 Å². The molecule has 3 fully saturated rings. The van der Waals surface area contributed by atoms with Gasteiger partial charge in [0.1, 0.15) is 6.10 Å². The molecule has 0 spiro atoms. The van der Waals surface area contributed by atoms with Crippen LogP contribution in [0, 0.1) is 45.3 Å². The summed E-state index contributed by atoms with van der Waals surface area (Å²) in [5.74, 6) is 2.28. The van der Waals surface area contributed by atoms with Crippen LogP contribution >= 0.6 is 0 Å². The van der Waals surface area contributed by atoms with Crippen LogP contribution in [0.2, 0.25) is 0 Å². The van der Waals surface area contributed by atoms with Crippen LogP contribution < -0.4 is 0 Å². The maximum atomic E-state index is 10.4. The molecule has 9 unspecified atom stereocenters. The summed E-state index contributed by atoms with van der Waals surface area (Å²) in [7, 11) is 0. The highest BCUT2D eigenvalue weighted by atomic mass is 17.1. The maximum Gasteiger partial charge on any atom is 0.266 e. The lowest BCUT2D eigenvalue weighted by molar-refractivity contribution is -0.312. The van der Waals surface area contributed by atoms with Crippen LogP contribution in [-0.4, -0.2) is 44.9 Å². The zero-order valence-electron chi connectivity index (χ0n) is 24.6. The second-order valence-corrected chi connectivity index (χ2v) is 15.0. The Bertz CT molecular complexity index is 860. The van der Waals surface area contributed by atoms with Gasteiger partial charge >= 0.3 is 0 Å². The molecule has 4 aliphatic rings. The predicted molar refractivity (Wildman–Crippen MR) is 144 cm³/mol. The molecule has 0 aromatic heterocycles. The summed E-state index contributed by atoms with van der Waals surface area (Å²) < 4.78 is 5.57. The zero-order valence-corrected chi connectivity index (χ0v) is 24.6. The summed E-state index contributed by atoms with van der Waals surface area (Å²) in [4.78, 5) is 4.67. The fourth-order valence-corrected chi connectivity index (χ4v) is 10.2. The fraction of sp³-hybridized carbons (Fsp3) is 0.935. The molecule has 37 heavy (non-hydrogen) atoms. The molecule has 0 radical (unpaired) electrons. The Kier molecular flexibility index (Phi) is 7.85. The van der Waals surface area contributed by atoms with Crippen LogP contribution in [0.4, 0.5) is 0 Å². The molecule has 0 amide bonds. The second kappa shape index (κ2) is 9.85. The average Bonchev–Trinajstić information content (AvgIpc) is 3.06. The molecule has 214 valence electrons. The van der Waals surface area contributed by atoms with Crippen molar-refractivity contribution in [1.29, 1.82) is 0 Å². The van der Waals surface area contributed by atoms with Crippen molar-refractivity contribution in [1.82, 2.24) is 0 Å². The number of hydrogen-bond donors (Lipinski definition) is 4. The van der Waals surface area contributed by atoms with Gasteiger partial charge in [0.25, 0.3) is 6.48 Å². The van der Waals surface area contributed by atoms with Gasteiger partial charge in [0.15, 0.2) is 0 Å². The number of allylic oxidation sites excluding steroid dienone is 1. The first kappa shape index (κ1) is 29.5. The third-order valence-electron chi connectivity index (χ3n) is 12.6. The van der Waals surface area contributed by atoms with Crippen molar-refractivity contribution in [2.45, 2.75) is 137 Å². The van der Waals surface area contributed by atoms with Gasteiger partial charge in [-0.25, -0.2) is 4.89 Å². The van der Waals surface area contributed by atoms with Crippen LogP contribution in [0.25, 0.3) is 0 Å². The van der Waals surface area contributed by atoms with E-state index in [4.69, 9.17) is 4.74 Å². The van der Waals surface area contributed by atoms with Crippen LogP contribution in [0.5, 0.6) is 0 Å². The molecule has 9 atom stereocenters. The number of rotatable bonds is 8. The molecule has 6 heteroatoms. The van der Waals surface area contributed by atoms with E-state index >= 15 is 0 Å².